The molecular formula is C19H20N2O2. The van der Waals surface area contributed by atoms with Gasteiger partial charge in [0.25, 0.3) is 5.91 Å². The lowest BCUT2D eigenvalue weighted by Gasteiger charge is -2.35. The van der Waals surface area contributed by atoms with Gasteiger partial charge in [-0.25, -0.2) is 0 Å². The van der Waals surface area contributed by atoms with Crippen molar-refractivity contribution >= 4 is 5.91 Å². The Morgan fingerprint density at radius 2 is 1.91 bits per heavy atom. The van der Waals surface area contributed by atoms with Crippen LogP contribution in [0.3, 0.4) is 0 Å². The van der Waals surface area contributed by atoms with Crippen LogP contribution < -0.4 is 0 Å². The van der Waals surface area contributed by atoms with E-state index < -0.39 is 0 Å². The molecule has 0 radical (unpaired) electrons. The molecule has 1 amide bonds. The molecule has 2 aliphatic rings. The molecule has 2 bridgehead atoms. The average Bonchev–Trinajstić information content (AvgIpc) is 3.18. The molecule has 2 unspecified atom stereocenters. The fraction of sp³-hybridized carbons (Fsp3) is 0.368. The first-order valence-corrected chi connectivity index (χ1v) is 8.25. The Morgan fingerprint density at radius 3 is 2.57 bits per heavy atom. The first-order valence-electron chi connectivity index (χ1n) is 8.25. The molecule has 1 aromatic heterocycles. The Morgan fingerprint density at radius 1 is 1.22 bits per heavy atom. The van der Waals surface area contributed by atoms with Crippen molar-refractivity contribution in [1.82, 2.24) is 10.1 Å². The van der Waals surface area contributed by atoms with Gasteiger partial charge in [-0.15, -0.1) is 0 Å². The van der Waals surface area contributed by atoms with E-state index in [0.29, 0.717) is 23.5 Å². The number of carbonyl (C=O) groups excluding carboxylic acids is 1. The van der Waals surface area contributed by atoms with E-state index in [9.17, 15) is 4.79 Å². The fourth-order valence-corrected chi connectivity index (χ4v) is 3.86. The molecule has 2 saturated heterocycles. The monoisotopic (exact) mass is 308 g/mol. The van der Waals surface area contributed by atoms with Gasteiger partial charge in [0.05, 0.1) is 0 Å². The second kappa shape index (κ2) is 5.69. The highest BCUT2D eigenvalue weighted by Gasteiger charge is 2.42. The van der Waals surface area contributed by atoms with E-state index in [-0.39, 0.29) is 5.91 Å². The lowest BCUT2D eigenvalue weighted by molar-refractivity contribution is 0.0624. The summed E-state index contributed by atoms with van der Waals surface area (Å²) in [5.41, 5.74) is 2.84. The molecule has 118 valence electrons. The number of amides is 1. The maximum atomic E-state index is 12.9. The van der Waals surface area contributed by atoms with Gasteiger partial charge >= 0.3 is 0 Å². The minimum absolute atomic E-state index is 0.0126. The Bertz CT molecular complexity index is 732. The molecule has 0 spiro atoms. The molecule has 2 atom stereocenters. The van der Waals surface area contributed by atoms with Crippen molar-refractivity contribution in [3.63, 3.8) is 0 Å². The third-order valence-corrected chi connectivity index (χ3v) is 5.05. The molecule has 0 N–H and O–H groups in total. The van der Waals surface area contributed by atoms with Crippen molar-refractivity contribution in [2.24, 2.45) is 0 Å². The number of fused-ring (bicyclic) bond motifs is 2. The predicted molar refractivity (Wildman–Crippen MR) is 87.9 cm³/mol. The zero-order valence-electron chi connectivity index (χ0n) is 13.2. The van der Waals surface area contributed by atoms with Gasteiger partial charge in [0, 0.05) is 23.7 Å². The van der Waals surface area contributed by atoms with Crippen LogP contribution in [-0.4, -0.2) is 28.0 Å². The minimum Gasteiger partial charge on any atom is -0.355 e. The van der Waals surface area contributed by atoms with Gasteiger partial charge in [0.2, 0.25) is 0 Å². The summed E-state index contributed by atoms with van der Waals surface area (Å²) in [6.45, 7) is 2.09. The van der Waals surface area contributed by atoms with E-state index >= 15 is 0 Å². The maximum absolute atomic E-state index is 12.9. The highest BCUT2D eigenvalue weighted by Crippen LogP contribution is 2.39. The molecule has 23 heavy (non-hydrogen) atoms. The van der Waals surface area contributed by atoms with Crippen LogP contribution in [0.2, 0.25) is 0 Å². The lowest BCUT2D eigenvalue weighted by atomic mass is 9.96. The highest BCUT2D eigenvalue weighted by atomic mass is 16.5. The zero-order valence-corrected chi connectivity index (χ0v) is 13.2. The summed E-state index contributed by atoms with van der Waals surface area (Å²) in [6, 6.07) is 12.2. The van der Waals surface area contributed by atoms with Crippen molar-refractivity contribution in [2.75, 3.05) is 0 Å². The lowest BCUT2D eigenvalue weighted by Crippen LogP contribution is -2.44. The number of benzene rings is 1. The molecule has 2 fully saturated rings. The van der Waals surface area contributed by atoms with E-state index in [2.05, 4.69) is 18.2 Å². The van der Waals surface area contributed by atoms with E-state index in [1.54, 1.807) is 6.07 Å². The first-order chi connectivity index (χ1) is 11.3. The third kappa shape index (κ3) is 2.48. The van der Waals surface area contributed by atoms with Crippen LogP contribution in [0.25, 0.3) is 11.3 Å². The summed E-state index contributed by atoms with van der Waals surface area (Å²) in [7, 11) is 0. The van der Waals surface area contributed by atoms with Crippen molar-refractivity contribution in [3.05, 3.63) is 53.7 Å². The summed E-state index contributed by atoms with van der Waals surface area (Å²) < 4.78 is 5.39. The van der Waals surface area contributed by atoms with Crippen LogP contribution in [0.5, 0.6) is 0 Å². The number of hydrogen-bond donors (Lipinski definition) is 0. The molecule has 0 aliphatic carbocycles. The molecule has 2 aromatic rings. The third-order valence-electron chi connectivity index (χ3n) is 5.05. The zero-order chi connectivity index (χ0) is 15.8. The second-order valence-corrected chi connectivity index (χ2v) is 6.40. The Hall–Kier alpha value is -2.36. The number of nitrogens with zero attached hydrogens (tertiary/aromatic N) is 2. The number of hydrogen-bond acceptors (Lipinski definition) is 3. The first kappa shape index (κ1) is 14.2. The van der Waals surface area contributed by atoms with Crippen molar-refractivity contribution in [1.29, 1.82) is 0 Å². The fourth-order valence-electron chi connectivity index (χ4n) is 3.86. The van der Waals surface area contributed by atoms with Gasteiger partial charge in [-0.1, -0.05) is 47.1 Å². The largest absolute Gasteiger partial charge is 0.355 e. The van der Waals surface area contributed by atoms with Crippen LogP contribution >= 0.6 is 0 Å². The Labute approximate surface area is 135 Å². The van der Waals surface area contributed by atoms with Crippen molar-refractivity contribution in [2.45, 2.75) is 44.7 Å². The van der Waals surface area contributed by atoms with Crippen LogP contribution in [-0.2, 0) is 0 Å². The number of rotatable bonds is 2. The average molecular weight is 308 g/mol. The van der Waals surface area contributed by atoms with Crippen LogP contribution in [0.15, 0.2) is 52.6 Å². The van der Waals surface area contributed by atoms with Crippen LogP contribution in [0, 0.1) is 0 Å². The molecule has 2 aliphatic heterocycles. The van der Waals surface area contributed by atoms with E-state index in [4.69, 9.17) is 4.52 Å². The summed E-state index contributed by atoms with van der Waals surface area (Å²) in [5, 5.41) is 4.02. The maximum Gasteiger partial charge on any atom is 0.276 e. The molecule has 4 rings (SSSR count). The Kier molecular flexibility index (Phi) is 3.52. The van der Waals surface area contributed by atoms with Gasteiger partial charge < -0.3 is 9.42 Å². The van der Waals surface area contributed by atoms with Gasteiger partial charge in [-0.3, -0.25) is 4.79 Å². The van der Waals surface area contributed by atoms with E-state index in [1.165, 1.54) is 5.57 Å². The smallest absolute Gasteiger partial charge is 0.276 e. The minimum atomic E-state index is 0.0126. The topological polar surface area (TPSA) is 46.3 Å². The summed E-state index contributed by atoms with van der Waals surface area (Å²) in [6.07, 6.45) is 6.40. The van der Waals surface area contributed by atoms with E-state index in [1.807, 2.05) is 35.2 Å². The highest BCUT2D eigenvalue weighted by molar-refractivity contribution is 5.94. The molecular weight excluding hydrogens is 288 g/mol. The SMILES string of the molecule is CC=C1CC2CCC(C1)N2C(=O)c1cc(-c2ccccc2)on1. The molecule has 4 heteroatoms. The molecule has 4 nitrogen and oxygen atoms in total. The van der Waals surface area contributed by atoms with Crippen LogP contribution in [0.4, 0.5) is 0 Å². The molecule has 3 heterocycles. The molecule has 1 aromatic carbocycles. The standard InChI is InChI=1S/C19H20N2O2/c1-2-13-10-15-8-9-16(11-13)21(15)19(22)17-12-18(23-20-17)14-6-4-3-5-7-14/h2-7,12,15-16H,8-11H2,1H3. The van der Waals surface area contributed by atoms with Gasteiger partial charge in [-0.2, -0.15) is 0 Å². The number of piperidine rings is 1. The molecule has 0 saturated carbocycles. The normalized spacial score (nSPS) is 23.2. The quantitative estimate of drug-likeness (QED) is 0.786. The number of aromatic nitrogens is 1. The van der Waals surface area contributed by atoms with Crippen molar-refractivity contribution < 1.29 is 9.32 Å². The second-order valence-electron chi connectivity index (χ2n) is 6.40. The predicted octanol–water partition coefficient (Wildman–Crippen LogP) is 4.05. The number of carbonyl (C=O) groups is 1. The Balaban J connectivity index is 1.58. The summed E-state index contributed by atoms with van der Waals surface area (Å²) in [5.74, 6) is 0.658. The van der Waals surface area contributed by atoms with E-state index in [0.717, 1.165) is 31.2 Å². The number of allylic oxidation sites excluding steroid dienone is 1. The van der Waals surface area contributed by atoms with Gasteiger partial charge in [0.1, 0.15) is 0 Å². The summed E-state index contributed by atoms with van der Waals surface area (Å²) >= 11 is 0. The summed E-state index contributed by atoms with van der Waals surface area (Å²) in [4.78, 5) is 14.9. The van der Waals surface area contributed by atoms with Gasteiger partial charge in [0.15, 0.2) is 11.5 Å². The van der Waals surface area contributed by atoms with Crippen molar-refractivity contribution in [3.8, 4) is 11.3 Å². The van der Waals surface area contributed by atoms with Crippen LogP contribution in [0.1, 0.15) is 43.1 Å². The van der Waals surface area contributed by atoms with Gasteiger partial charge in [-0.05, 0) is 32.6 Å².